The number of rotatable bonds is 0. The van der Waals surface area contributed by atoms with Crippen LogP contribution in [0.2, 0.25) is 0 Å². The fourth-order valence-electron chi connectivity index (χ4n) is 0. The molecule has 0 aromatic heterocycles. The summed E-state index contributed by atoms with van der Waals surface area (Å²) in [4.78, 5) is 0. The van der Waals surface area contributed by atoms with Gasteiger partial charge in [0.05, 0.1) is 10.1 Å². The van der Waals surface area contributed by atoms with Gasteiger partial charge in [-0.3, -0.25) is 0 Å². The van der Waals surface area contributed by atoms with Crippen LogP contribution in [0, 0.1) is 0 Å². The van der Waals surface area contributed by atoms with Gasteiger partial charge < -0.3 is 4.55 Å². The maximum atomic E-state index is 9.08. The van der Waals surface area contributed by atoms with Crippen LogP contribution in [0.5, 0.6) is 0 Å². The maximum Gasteiger partial charge on any atom is 0.235 e. The summed E-state index contributed by atoms with van der Waals surface area (Å²) in [6.07, 6.45) is 0.604. The third-order valence-corrected chi connectivity index (χ3v) is 0. The van der Waals surface area contributed by atoms with E-state index in [1.807, 2.05) is 0 Å². The molecule has 0 spiro atoms. The minimum Gasteiger partial charge on any atom is -0.748 e. The van der Waals surface area contributed by atoms with E-state index in [1.54, 1.807) is 0 Å². The SMILES string of the molecule is CS(=O)(=O)[O-].[IH2+]. The van der Waals surface area contributed by atoms with Crippen molar-refractivity contribution in [3.63, 3.8) is 0 Å². The Bertz CT molecular complexity index is 94.0. The molecule has 0 heterocycles. The average Bonchev–Trinajstić information content (AvgIpc) is 0.722. The van der Waals surface area contributed by atoms with Crippen molar-refractivity contribution >= 4 is 10.1 Å². The van der Waals surface area contributed by atoms with Crippen LogP contribution >= 0.6 is 0 Å². The fourth-order valence-corrected chi connectivity index (χ4v) is 0. The van der Waals surface area contributed by atoms with Crippen LogP contribution in [-0.2, 0) is 10.1 Å². The summed E-state index contributed by atoms with van der Waals surface area (Å²) in [5, 5.41) is 0. The van der Waals surface area contributed by atoms with Gasteiger partial charge in [-0.1, -0.05) is 0 Å². The number of hydrogen-bond donors (Lipinski definition) is 0. The number of halogens is 1. The monoisotopic (exact) mass is 224 g/mol. The van der Waals surface area contributed by atoms with Crippen LogP contribution < -0.4 is 24.0 Å². The van der Waals surface area contributed by atoms with Crippen LogP contribution in [0.25, 0.3) is 0 Å². The molecule has 3 nitrogen and oxygen atoms in total. The molecule has 0 N–H and O–H groups in total. The van der Waals surface area contributed by atoms with E-state index in [0.717, 1.165) is 0 Å². The zero-order valence-electron chi connectivity index (χ0n) is 3.08. The third-order valence-electron chi connectivity index (χ3n) is 0. The minimum absolute atomic E-state index is 0. The lowest BCUT2D eigenvalue weighted by Crippen LogP contribution is -3.00. The highest BCUT2D eigenvalue weighted by Gasteiger charge is 1.65. The first-order chi connectivity index (χ1) is 2.00. The van der Waals surface area contributed by atoms with Crippen molar-refractivity contribution in [3.05, 3.63) is 0 Å². The molecule has 0 aliphatic heterocycles. The van der Waals surface area contributed by atoms with Crippen molar-refractivity contribution < 1.29 is 36.9 Å². The van der Waals surface area contributed by atoms with Gasteiger partial charge in [-0.05, 0) is 0 Å². The van der Waals surface area contributed by atoms with Gasteiger partial charge in [-0.25, -0.2) is 8.42 Å². The molecule has 0 aliphatic rings. The first kappa shape index (κ1) is 9.81. The maximum absolute atomic E-state index is 9.08. The van der Waals surface area contributed by atoms with E-state index in [9.17, 15) is 0 Å². The normalized spacial score (nSPS) is 9.67. The molecular weight excluding hydrogens is 219 g/mol. The zero-order chi connectivity index (χ0) is 4.50. The molecule has 0 aliphatic carbocycles. The molecular formula is CH5IO3S. The Morgan fingerprint density at radius 2 is 1.50 bits per heavy atom. The van der Waals surface area contributed by atoms with E-state index in [4.69, 9.17) is 13.0 Å². The molecule has 0 saturated carbocycles. The van der Waals surface area contributed by atoms with Gasteiger partial charge in [-0.2, -0.15) is 0 Å². The Kier molecular flexibility index (Phi) is 4.50. The molecule has 40 valence electrons. The van der Waals surface area contributed by atoms with Gasteiger partial charge in [0, 0.05) is 6.26 Å². The lowest BCUT2D eigenvalue weighted by molar-refractivity contribution is -0.00000557. The average molecular weight is 224 g/mol. The second-order valence-corrected chi connectivity index (χ2v) is 2.11. The van der Waals surface area contributed by atoms with Crippen molar-refractivity contribution in [1.29, 1.82) is 0 Å². The van der Waals surface area contributed by atoms with Crippen molar-refractivity contribution in [1.82, 2.24) is 0 Å². The van der Waals surface area contributed by atoms with Crippen LogP contribution in [-0.4, -0.2) is 19.2 Å². The van der Waals surface area contributed by atoms with Crippen molar-refractivity contribution in [2.24, 2.45) is 0 Å². The molecule has 0 aromatic carbocycles. The van der Waals surface area contributed by atoms with Crippen LogP contribution in [0.3, 0.4) is 0 Å². The minimum atomic E-state index is -3.92. The molecule has 0 amide bonds. The number of hydrogen-bond acceptors (Lipinski definition) is 3. The third kappa shape index (κ3) is 150. The molecule has 0 unspecified atom stereocenters. The summed E-state index contributed by atoms with van der Waals surface area (Å²) in [5.41, 5.74) is 0. The van der Waals surface area contributed by atoms with Crippen molar-refractivity contribution in [2.45, 2.75) is 0 Å². The van der Waals surface area contributed by atoms with Gasteiger partial charge in [0.15, 0.2) is 0 Å². The highest BCUT2D eigenvalue weighted by Crippen LogP contribution is 1.59. The van der Waals surface area contributed by atoms with Crippen LogP contribution in [0.1, 0.15) is 0 Å². The summed E-state index contributed by atoms with van der Waals surface area (Å²) in [7, 11) is -3.92. The van der Waals surface area contributed by atoms with Gasteiger partial charge in [-0.15, -0.1) is 0 Å². The van der Waals surface area contributed by atoms with Gasteiger partial charge in [0.25, 0.3) is 0 Å². The van der Waals surface area contributed by atoms with Crippen LogP contribution in [0.4, 0.5) is 0 Å². The van der Waals surface area contributed by atoms with Gasteiger partial charge in [0.2, 0.25) is 24.0 Å². The Hall–Kier alpha value is 0.640. The van der Waals surface area contributed by atoms with Gasteiger partial charge >= 0.3 is 0 Å². The molecule has 0 radical (unpaired) electrons. The molecule has 0 fully saturated rings. The summed E-state index contributed by atoms with van der Waals surface area (Å²) >= 11 is 0. The van der Waals surface area contributed by atoms with E-state index < -0.39 is 10.1 Å². The van der Waals surface area contributed by atoms with Crippen molar-refractivity contribution in [2.75, 3.05) is 6.26 Å². The Balaban J connectivity index is 0. The predicted octanol–water partition coefficient (Wildman–Crippen LogP) is -4.37. The van der Waals surface area contributed by atoms with Crippen molar-refractivity contribution in [3.8, 4) is 0 Å². The molecule has 0 atom stereocenters. The van der Waals surface area contributed by atoms with E-state index in [0.29, 0.717) is 6.26 Å². The summed E-state index contributed by atoms with van der Waals surface area (Å²) < 4.78 is 27.2. The van der Waals surface area contributed by atoms with E-state index in [1.165, 1.54) is 0 Å². The highest BCUT2D eigenvalue weighted by atomic mass is 127. The second kappa shape index (κ2) is 2.75. The largest absolute Gasteiger partial charge is 0.748 e. The topological polar surface area (TPSA) is 57.2 Å². The van der Waals surface area contributed by atoms with Gasteiger partial charge in [0.1, 0.15) is 0 Å². The zero-order valence-corrected chi connectivity index (χ0v) is 6.45. The molecule has 0 aromatic rings. The Morgan fingerprint density at radius 1 is 1.50 bits per heavy atom. The summed E-state index contributed by atoms with van der Waals surface area (Å²) in [6.45, 7) is 0. The molecule has 6 heavy (non-hydrogen) atoms. The highest BCUT2D eigenvalue weighted by molar-refractivity contribution is 7.84. The predicted molar refractivity (Wildman–Crippen MR) is 18.4 cm³/mol. The lowest BCUT2D eigenvalue weighted by atomic mass is 12.0. The lowest BCUT2D eigenvalue weighted by Gasteiger charge is -1.90. The Labute approximate surface area is 53.5 Å². The smallest absolute Gasteiger partial charge is 0.235 e. The summed E-state index contributed by atoms with van der Waals surface area (Å²) in [6, 6.07) is 0. The first-order valence-electron chi connectivity index (χ1n) is 0.908. The fraction of sp³-hybridized carbons (Fsp3) is 1.00. The van der Waals surface area contributed by atoms with Crippen LogP contribution in [0.15, 0.2) is 0 Å². The second-order valence-electron chi connectivity index (χ2n) is 0.704. The van der Waals surface area contributed by atoms with E-state index >= 15 is 0 Å². The van der Waals surface area contributed by atoms with E-state index in [2.05, 4.69) is 0 Å². The summed E-state index contributed by atoms with van der Waals surface area (Å²) in [5.74, 6) is 0. The molecule has 5 heteroatoms. The Morgan fingerprint density at radius 3 is 1.50 bits per heavy atom. The van der Waals surface area contributed by atoms with E-state index in [-0.39, 0.29) is 24.0 Å². The quantitative estimate of drug-likeness (QED) is 0.308. The standard InChI is InChI=1S/CH4O3S.H2I/c1-5(2,3)4;/h1H3,(H,2,3,4);1H2/q;+1/p-1. The molecule has 0 rings (SSSR count). The molecule has 0 bridgehead atoms. The molecule has 0 saturated heterocycles. The first-order valence-corrected chi connectivity index (χ1v) is 2.72.